The molecule has 3 heterocycles. The number of hydrogen-bond acceptors (Lipinski definition) is 6. The Morgan fingerprint density at radius 3 is 2.59 bits per heavy atom. The summed E-state index contributed by atoms with van der Waals surface area (Å²) in [5, 5.41) is 7.11. The van der Waals surface area contributed by atoms with E-state index in [1.165, 1.54) is 29.6 Å². The van der Waals surface area contributed by atoms with Crippen LogP contribution in [0.3, 0.4) is 0 Å². The zero-order valence-corrected chi connectivity index (χ0v) is 18.6. The van der Waals surface area contributed by atoms with Gasteiger partial charge >= 0.3 is 0 Å². The van der Waals surface area contributed by atoms with E-state index in [9.17, 15) is 13.2 Å². The Bertz CT molecular complexity index is 1190. The van der Waals surface area contributed by atoms with Crippen LogP contribution < -0.4 is 10.1 Å². The third-order valence-electron chi connectivity index (χ3n) is 5.37. The Kier molecular flexibility index (Phi) is 6.52. The number of rotatable bonds is 8. The van der Waals surface area contributed by atoms with E-state index in [0.29, 0.717) is 25.5 Å². The molecule has 0 aliphatic carbocycles. The minimum atomic E-state index is -3.74. The summed E-state index contributed by atoms with van der Waals surface area (Å²) < 4.78 is 34.5. The molecule has 1 saturated heterocycles. The lowest BCUT2D eigenvalue weighted by molar-refractivity contribution is 0.102. The largest absolute Gasteiger partial charge is 0.495 e. The van der Waals surface area contributed by atoms with E-state index in [2.05, 4.69) is 15.4 Å². The molecule has 4 rings (SSSR count). The number of amides is 1. The van der Waals surface area contributed by atoms with Gasteiger partial charge in [-0.25, -0.2) is 8.42 Å². The van der Waals surface area contributed by atoms with Gasteiger partial charge in [-0.1, -0.05) is 0 Å². The number of nitrogens with one attached hydrogen (secondary N) is 1. The van der Waals surface area contributed by atoms with Crippen LogP contribution in [-0.4, -0.2) is 53.6 Å². The van der Waals surface area contributed by atoms with Crippen molar-refractivity contribution in [3.63, 3.8) is 0 Å². The summed E-state index contributed by atoms with van der Waals surface area (Å²) in [6.45, 7) is 1.60. The van der Waals surface area contributed by atoms with Gasteiger partial charge in [0.25, 0.3) is 5.91 Å². The molecule has 1 fully saturated rings. The molecule has 1 amide bonds. The molecule has 0 spiro atoms. The summed E-state index contributed by atoms with van der Waals surface area (Å²) in [5.74, 6) is 0.170. The molecule has 0 radical (unpaired) electrons. The van der Waals surface area contributed by atoms with Crippen molar-refractivity contribution in [1.82, 2.24) is 19.1 Å². The normalized spacial score (nSPS) is 14.4. The average molecular weight is 456 g/mol. The molecule has 1 aromatic carbocycles. The molecule has 0 unspecified atom stereocenters. The van der Waals surface area contributed by atoms with Crippen LogP contribution in [-0.2, 0) is 23.0 Å². The number of benzene rings is 1. The monoisotopic (exact) mass is 455 g/mol. The van der Waals surface area contributed by atoms with Crippen LogP contribution in [0.4, 0.5) is 5.82 Å². The second kappa shape index (κ2) is 9.49. The van der Waals surface area contributed by atoms with Crippen LogP contribution in [0.1, 0.15) is 28.8 Å². The molecule has 0 atom stereocenters. The van der Waals surface area contributed by atoms with Crippen LogP contribution in [0.15, 0.2) is 59.9 Å². The smallest absolute Gasteiger partial charge is 0.256 e. The zero-order valence-electron chi connectivity index (χ0n) is 17.8. The minimum absolute atomic E-state index is 0.00238. The van der Waals surface area contributed by atoms with Gasteiger partial charge in [0, 0.05) is 49.9 Å². The lowest BCUT2D eigenvalue weighted by Crippen LogP contribution is -2.28. The minimum Gasteiger partial charge on any atom is -0.495 e. The van der Waals surface area contributed by atoms with Crippen LogP contribution in [0.5, 0.6) is 5.75 Å². The fraction of sp³-hybridized carbons (Fsp3) is 0.318. The van der Waals surface area contributed by atoms with E-state index < -0.39 is 15.9 Å². The highest BCUT2D eigenvalue weighted by atomic mass is 32.2. The predicted octanol–water partition coefficient (Wildman–Crippen LogP) is 2.57. The maximum absolute atomic E-state index is 13.0. The third-order valence-corrected chi connectivity index (χ3v) is 7.29. The molecule has 9 nitrogen and oxygen atoms in total. The van der Waals surface area contributed by atoms with Crippen molar-refractivity contribution in [2.75, 3.05) is 25.5 Å². The Morgan fingerprint density at radius 1 is 1.12 bits per heavy atom. The van der Waals surface area contributed by atoms with E-state index >= 15 is 0 Å². The molecule has 0 bridgehead atoms. The van der Waals surface area contributed by atoms with E-state index in [-0.39, 0.29) is 16.2 Å². The Hall–Kier alpha value is -3.24. The van der Waals surface area contributed by atoms with E-state index in [1.807, 2.05) is 12.1 Å². The van der Waals surface area contributed by atoms with Crippen molar-refractivity contribution in [3.05, 3.63) is 66.1 Å². The predicted molar refractivity (Wildman–Crippen MR) is 119 cm³/mol. The molecular weight excluding hydrogens is 430 g/mol. The molecule has 10 heteroatoms. The first kappa shape index (κ1) is 22.0. The van der Waals surface area contributed by atoms with E-state index in [4.69, 9.17) is 4.74 Å². The number of pyridine rings is 1. The van der Waals surface area contributed by atoms with Crippen LogP contribution in [0, 0.1) is 0 Å². The SMILES string of the molecule is COc1ccc(C(=O)Nc2ccn(CCc3ccncc3)n2)cc1S(=O)(=O)N1CCCC1. The topological polar surface area (TPSA) is 106 Å². The lowest BCUT2D eigenvalue weighted by atomic mass is 10.2. The maximum Gasteiger partial charge on any atom is 0.256 e. The quantitative estimate of drug-likeness (QED) is 0.560. The first-order valence-electron chi connectivity index (χ1n) is 10.4. The van der Waals surface area contributed by atoms with Crippen molar-refractivity contribution >= 4 is 21.7 Å². The number of carbonyl (C=O) groups is 1. The van der Waals surface area contributed by atoms with Crippen LogP contribution >= 0.6 is 0 Å². The molecule has 2 aromatic heterocycles. The molecule has 0 saturated carbocycles. The van der Waals surface area contributed by atoms with Gasteiger partial charge in [-0.05, 0) is 55.2 Å². The molecular formula is C22H25N5O4S. The summed E-state index contributed by atoms with van der Waals surface area (Å²) in [4.78, 5) is 16.8. The number of methoxy groups -OCH3 is 1. The van der Waals surface area contributed by atoms with Gasteiger partial charge in [0.2, 0.25) is 10.0 Å². The summed E-state index contributed by atoms with van der Waals surface area (Å²) >= 11 is 0. The van der Waals surface area contributed by atoms with Gasteiger partial charge in [0.1, 0.15) is 10.6 Å². The lowest BCUT2D eigenvalue weighted by Gasteiger charge is -2.18. The number of hydrogen-bond donors (Lipinski definition) is 1. The van der Waals surface area contributed by atoms with Crippen molar-refractivity contribution in [2.24, 2.45) is 0 Å². The van der Waals surface area contributed by atoms with Crippen LogP contribution in [0.25, 0.3) is 0 Å². The zero-order chi connectivity index (χ0) is 22.6. The van der Waals surface area contributed by atoms with Gasteiger partial charge in [-0.2, -0.15) is 9.40 Å². The fourth-order valence-corrected chi connectivity index (χ4v) is 5.32. The molecule has 1 N–H and O–H groups in total. The number of aryl methyl sites for hydroxylation is 2. The van der Waals surface area contributed by atoms with Crippen molar-refractivity contribution < 1.29 is 17.9 Å². The van der Waals surface area contributed by atoms with E-state index in [0.717, 1.165) is 24.8 Å². The van der Waals surface area contributed by atoms with Gasteiger partial charge in [-0.3, -0.25) is 14.5 Å². The summed E-state index contributed by atoms with van der Waals surface area (Å²) in [7, 11) is -2.32. The maximum atomic E-state index is 13.0. The Morgan fingerprint density at radius 2 is 1.88 bits per heavy atom. The number of nitrogens with zero attached hydrogens (tertiary/aromatic N) is 4. The van der Waals surface area contributed by atoms with Gasteiger partial charge < -0.3 is 10.1 Å². The highest BCUT2D eigenvalue weighted by Gasteiger charge is 2.30. The van der Waals surface area contributed by atoms with Gasteiger partial charge in [-0.15, -0.1) is 0 Å². The summed E-state index contributed by atoms with van der Waals surface area (Å²) in [6.07, 6.45) is 7.72. The van der Waals surface area contributed by atoms with Gasteiger partial charge in [0.15, 0.2) is 5.82 Å². The molecule has 3 aromatic rings. The third kappa shape index (κ3) is 4.81. The first-order chi connectivity index (χ1) is 15.5. The van der Waals surface area contributed by atoms with E-state index in [1.54, 1.807) is 29.3 Å². The number of ether oxygens (including phenoxy) is 1. The Balaban J connectivity index is 1.47. The fourth-order valence-electron chi connectivity index (χ4n) is 3.62. The second-order valence-corrected chi connectivity index (χ2v) is 9.41. The van der Waals surface area contributed by atoms with Crippen molar-refractivity contribution in [2.45, 2.75) is 30.7 Å². The number of aromatic nitrogens is 3. The first-order valence-corrected chi connectivity index (χ1v) is 11.8. The van der Waals surface area contributed by atoms with Crippen molar-refractivity contribution in [3.8, 4) is 5.75 Å². The standard InChI is InChI=1S/C22H25N5O4S/c1-31-19-5-4-18(16-20(19)32(29,30)27-12-2-3-13-27)22(28)24-21-9-15-26(25-21)14-8-17-6-10-23-11-7-17/h4-7,9-11,15-16H,2-3,8,12-14H2,1H3,(H,24,25,28). The molecule has 32 heavy (non-hydrogen) atoms. The highest BCUT2D eigenvalue weighted by molar-refractivity contribution is 7.89. The molecule has 1 aliphatic heterocycles. The van der Waals surface area contributed by atoms with Gasteiger partial charge in [0.05, 0.1) is 7.11 Å². The average Bonchev–Trinajstić information content (AvgIpc) is 3.51. The second-order valence-electron chi connectivity index (χ2n) is 7.50. The molecule has 1 aliphatic rings. The Labute approximate surface area is 187 Å². The summed E-state index contributed by atoms with van der Waals surface area (Å²) in [5.41, 5.74) is 1.36. The number of anilines is 1. The highest BCUT2D eigenvalue weighted by Crippen LogP contribution is 2.30. The summed E-state index contributed by atoms with van der Waals surface area (Å²) in [6, 6.07) is 10.0. The number of carbonyl (C=O) groups excluding carboxylic acids is 1. The molecule has 168 valence electrons. The number of sulfonamides is 1. The van der Waals surface area contributed by atoms with Crippen LogP contribution in [0.2, 0.25) is 0 Å². The van der Waals surface area contributed by atoms with Crippen molar-refractivity contribution in [1.29, 1.82) is 0 Å².